The number of halogens is 3. The first-order valence-corrected chi connectivity index (χ1v) is 6.56. The number of hydrogen-bond acceptors (Lipinski definition) is 3. The molecule has 0 radical (unpaired) electrons. The van der Waals surface area contributed by atoms with Gasteiger partial charge in [0.15, 0.2) is 0 Å². The second-order valence-corrected chi connectivity index (χ2v) is 5.43. The zero-order valence-corrected chi connectivity index (χ0v) is 11.5. The molecule has 2 rings (SSSR count). The molecule has 0 saturated heterocycles. The molecule has 0 amide bonds. The maximum absolute atomic E-state index is 6.08. The summed E-state index contributed by atoms with van der Waals surface area (Å²) in [4.78, 5) is 4.86. The lowest BCUT2D eigenvalue weighted by Gasteiger charge is -2.08. The molecule has 2 N–H and O–H groups in total. The highest BCUT2D eigenvalue weighted by Crippen LogP contribution is 2.41. The fourth-order valence-corrected chi connectivity index (χ4v) is 2.98. The Morgan fingerprint density at radius 1 is 1.06 bits per heavy atom. The summed E-state index contributed by atoms with van der Waals surface area (Å²) in [5, 5.41) is 2.19. The average Bonchev–Trinajstić information content (AvgIpc) is 2.25. The topological polar surface area (TPSA) is 38.9 Å². The molecule has 0 spiro atoms. The molecular weight excluding hydrogens is 299 g/mol. The second-order valence-electron chi connectivity index (χ2n) is 3.21. The molecule has 1 aromatic heterocycles. The minimum Gasteiger partial charge on any atom is -0.399 e. The van der Waals surface area contributed by atoms with E-state index in [4.69, 9.17) is 40.5 Å². The maximum atomic E-state index is 6.08. The van der Waals surface area contributed by atoms with Gasteiger partial charge in [-0.25, -0.2) is 4.98 Å². The van der Waals surface area contributed by atoms with Crippen molar-refractivity contribution in [3.05, 3.63) is 45.5 Å². The van der Waals surface area contributed by atoms with Crippen LogP contribution in [0.25, 0.3) is 0 Å². The molecule has 1 heterocycles. The van der Waals surface area contributed by atoms with Gasteiger partial charge in [0.05, 0.1) is 20.0 Å². The van der Waals surface area contributed by atoms with Gasteiger partial charge in [-0.15, -0.1) is 0 Å². The van der Waals surface area contributed by atoms with Gasteiger partial charge in [-0.3, -0.25) is 0 Å². The van der Waals surface area contributed by atoms with Crippen LogP contribution in [0, 0.1) is 0 Å². The SMILES string of the molecule is Nc1cc(Cl)c(Sc2ncccc2Cl)c(Cl)c1. The minimum absolute atomic E-state index is 0.488. The van der Waals surface area contributed by atoms with E-state index in [1.165, 1.54) is 11.8 Å². The van der Waals surface area contributed by atoms with E-state index in [2.05, 4.69) is 4.98 Å². The van der Waals surface area contributed by atoms with E-state index in [0.717, 1.165) is 0 Å². The lowest BCUT2D eigenvalue weighted by Crippen LogP contribution is -1.87. The van der Waals surface area contributed by atoms with Gasteiger partial charge in [-0.1, -0.05) is 46.6 Å². The molecule has 0 aliphatic heterocycles. The van der Waals surface area contributed by atoms with Crippen molar-refractivity contribution in [1.29, 1.82) is 0 Å². The van der Waals surface area contributed by atoms with Gasteiger partial charge in [-0.05, 0) is 24.3 Å². The van der Waals surface area contributed by atoms with Crippen LogP contribution in [-0.4, -0.2) is 4.98 Å². The molecule has 1 aromatic carbocycles. The number of hydrogen-bond donors (Lipinski definition) is 1. The van der Waals surface area contributed by atoms with Gasteiger partial charge < -0.3 is 5.73 Å². The standard InChI is InChI=1S/C11H7Cl3N2S/c12-7-2-1-3-16-11(7)17-10-8(13)4-6(15)5-9(10)14/h1-5H,15H2. The summed E-state index contributed by atoms with van der Waals surface area (Å²) in [6, 6.07) is 6.81. The Morgan fingerprint density at radius 2 is 1.71 bits per heavy atom. The van der Waals surface area contributed by atoms with Gasteiger partial charge in [0.25, 0.3) is 0 Å². The first kappa shape index (κ1) is 12.8. The Labute approximate surface area is 118 Å². The number of nitrogen functional groups attached to an aromatic ring is 1. The van der Waals surface area contributed by atoms with Gasteiger partial charge in [0, 0.05) is 11.9 Å². The summed E-state index contributed by atoms with van der Waals surface area (Å²) >= 11 is 19.5. The molecule has 0 atom stereocenters. The van der Waals surface area contributed by atoms with Crippen molar-refractivity contribution in [3.8, 4) is 0 Å². The predicted octanol–water partition coefficient (Wildman–Crippen LogP) is 4.78. The van der Waals surface area contributed by atoms with Crippen LogP contribution in [0.2, 0.25) is 15.1 Å². The molecule has 0 unspecified atom stereocenters. The number of nitrogens with zero attached hydrogens (tertiary/aromatic N) is 1. The zero-order valence-electron chi connectivity index (χ0n) is 8.45. The smallest absolute Gasteiger partial charge is 0.119 e. The first-order valence-electron chi connectivity index (χ1n) is 4.61. The number of nitrogens with two attached hydrogens (primary N) is 1. The Balaban J connectivity index is 2.40. The van der Waals surface area contributed by atoms with Crippen LogP contribution in [0.3, 0.4) is 0 Å². The van der Waals surface area contributed by atoms with E-state index in [1.54, 1.807) is 30.5 Å². The monoisotopic (exact) mass is 304 g/mol. The van der Waals surface area contributed by atoms with Gasteiger partial charge in [-0.2, -0.15) is 0 Å². The predicted molar refractivity (Wildman–Crippen MR) is 74.2 cm³/mol. The Bertz CT molecular complexity index is 537. The van der Waals surface area contributed by atoms with E-state index in [0.29, 0.717) is 30.7 Å². The highest BCUT2D eigenvalue weighted by molar-refractivity contribution is 7.99. The van der Waals surface area contributed by atoms with Gasteiger partial charge >= 0.3 is 0 Å². The first-order chi connectivity index (χ1) is 8.08. The molecule has 0 fully saturated rings. The van der Waals surface area contributed by atoms with E-state index in [1.807, 2.05) is 0 Å². The third-order valence-corrected chi connectivity index (χ3v) is 4.34. The molecule has 6 heteroatoms. The highest BCUT2D eigenvalue weighted by Gasteiger charge is 2.11. The molecule has 0 bridgehead atoms. The average molecular weight is 306 g/mol. The van der Waals surface area contributed by atoms with Crippen LogP contribution < -0.4 is 5.73 Å². The van der Waals surface area contributed by atoms with E-state index >= 15 is 0 Å². The largest absolute Gasteiger partial charge is 0.399 e. The van der Waals surface area contributed by atoms with Crippen molar-refractivity contribution >= 4 is 52.3 Å². The van der Waals surface area contributed by atoms with Crippen molar-refractivity contribution in [1.82, 2.24) is 4.98 Å². The number of pyridine rings is 1. The zero-order chi connectivity index (χ0) is 12.4. The third kappa shape index (κ3) is 2.99. The van der Waals surface area contributed by atoms with Crippen molar-refractivity contribution < 1.29 is 0 Å². The lowest BCUT2D eigenvalue weighted by atomic mass is 10.3. The van der Waals surface area contributed by atoms with Gasteiger partial charge in [0.1, 0.15) is 5.03 Å². The third-order valence-electron chi connectivity index (χ3n) is 1.94. The van der Waals surface area contributed by atoms with Crippen LogP contribution in [0.5, 0.6) is 0 Å². The molecule has 2 nitrogen and oxygen atoms in total. The van der Waals surface area contributed by atoms with Crippen molar-refractivity contribution in [3.63, 3.8) is 0 Å². The molecular formula is C11H7Cl3N2S. The summed E-state index contributed by atoms with van der Waals surface area (Å²) in [6.45, 7) is 0. The van der Waals surface area contributed by atoms with Gasteiger partial charge in [0.2, 0.25) is 0 Å². The molecule has 0 aliphatic carbocycles. The summed E-state index contributed by atoms with van der Waals surface area (Å²) in [6.07, 6.45) is 1.66. The Kier molecular flexibility index (Phi) is 4.05. The quantitative estimate of drug-likeness (QED) is 0.812. The number of anilines is 1. The number of rotatable bonds is 2. The van der Waals surface area contributed by atoms with Crippen molar-refractivity contribution in [2.45, 2.75) is 9.92 Å². The summed E-state index contributed by atoms with van der Waals surface area (Å²) in [5.41, 5.74) is 6.16. The molecule has 0 aliphatic rings. The second kappa shape index (κ2) is 5.36. The Morgan fingerprint density at radius 3 is 2.29 bits per heavy atom. The van der Waals surface area contributed by atoms with Crippen molar-refractivity contribution in [2.24, 2.45) is 0 Å². The van der Waals surface area contributed by atoms with E-state index in [-0.39, 0.29) is 0 Å². The fourth-order valence-electron chi connectivity index (χ4n) is 1.22. The summed E-state index contributed by atoms with van der Waals surface area (Å²) in [5.74, 6) is 0. The van der Waals surface area contributed by atoms with E-state index in [9.17, 15) is 0 Å². The molecule has 2 aromatic rings. The van der Waals surface area contributed by atoms with Crippen LogP contribution in [0.15, 0.2) is 40.4 Å². The molecule has 88 valence electrons. The summed E-state index contributed by atoms with van der Waals surface area (Å²) < 4.78 is 0. The maximum Gasteiger partial charge on any atom is 0.119 e. The minimum atomic E-state index is 0.488. The van der Waals surface area contributed by atoms with E-state index < -0.39 is 0 Å². The Hall–Kier alpha value is -0.610. The van der Waals surface area contributed by atoms with Crippen molar-refractivity contribution in [2.75, 3.05) is 5.73 Å². The van der Waals surface area contributed by atoms with Crippen LogP contribution >= 0.6 is 46.6 Å². The van der Waals surface area contributed by atoms with Crippen LogP contribution in [0.4, 0.5) is 5.69 Å². The normalized spacial score (nSPS) is 10.5. The van der Waals surface area contributed by atoms with Crippen LogP contribution in [0.1, 0.15) is 0 Å². The summed E-state index contributed by atoms with van der Waals surface area (Å²) in [7, 11) is 0. The number of benzene rings is 1. The number of aromatic nitrogens is 1. The molecule has 0 saturated carbocycles. The lowest BCUT2D eigenvalue weighted by molar-refractivity contribution is 1.13. The highest BCUT2D eigenvalue weighted by atomic mass is 35.5. The fraction of sp³-hybridized carbons (Fsp3) is 0. The molecule has 17 heavy (non-hydrogen) atoms. The van der Waals surface area contributed by atoms with Crippen LogP contribution in [-0.2, 0) is 0 Å².